The van der Waals surface area contributed by atoms with Crippen molar-refractivity contribution in [3.63, 3.8) is 0 Å². The average molecular weight is 647 g/mol. The SMILES string of the molecule is c1ccc(-c2cnc(-c3ccc(-c4ccc5c6c(ccc5c4)-c4cc5ccccc5cc4C64c5ccccc5-c5ccccc54)cc3)cn2)cc1. The number of hydrogen-bond acceptors (Lipinski definition) is 2. The Bertz CT molecular complexity index is 2790. The minimum absolute atomic E-state index is 0.401. The van der Waals surface area contributed by atoms with Gasteiger partial charge in [0.25, 0.3) is 0 Å². The van der Waals surface area contributed by atoms with Crippen LogP contribution in [0.15, 0.2) is 182 Å². The summed E-state index contributed by atoms with van der Waals surface area (Å²) < 4.78 is 0. The van der Waals surface area contributed by atoms with E-state index in [9.17, 15) is 0 Å². The molecule has 2 aliphatic carbocycles. The first-order chi connectivity index (χ1) is 25.3. The molecule has 1 heterocycles. The van der Waals surface area contributed by atoms with Crippen molar-refractivity contribution >= 4 is 21.5 Å². The van der Waals surface area contributed by atoms with Gasteiger partial charge in [0, 0.05) is 11.1 Å². The fourth-order valence-corrected chi connectivity index (χ4v) is 8.91. The van der Waals surface area contributed by atoms with Crippen LogP contribution in [0.3, 0.4) is 0 Å². The Morgan fingerprint density at radius 2 is 0.902 bits per heavy atom. The molecular formula is C49H30N2. The first kappa shape index (κ1) is 28.2. The normalized spacial score (nSPS) is 13.3. The third-order valence-corrected chi connectivity index (χ3v) is 11.2. The second-order valence-electron chi connectivity index (χ2n) is 13.7. The van der Waals surface area contributed by atoms with Gasteiger partial charge in [-0.25, -0.2) is 0 Å². The van der Waals surface area contributed by atoms with Gasteiger partial charge in [0.1, 0.15) is 0 Å². The van der Waals surface area contributed by atoms with E-state index in [1.54, 1.807) is 0 Å². The summed E-state index contributed by atoms with van der Waals surface area (Å²) in [6, 6.07) is 62.3. The molecule has 0 saturated carbocycles. The van der Waals surface area contributed by atoms with Crippen LogP contribution < -0.4 is 0 Å². The quantitative estimate of drug-likeness (QED) is 0.191. The zero-order valence-corrected chi connectivity index (χ0v) is 27.7. The summed E-state index contributed by atoms with van der Waals surface area (Å²) in [5, 5.41) is 5.10. The molecular weight excluding hydrogens is 617 g/mol. The molecule has 11 rings (SSSR count). The standard InChI is InChI=1S/C49H30N2/c1-2-10-32(11-3-1)46-29-51-47(30-50-46)33-20-18-31(19-21-33)36-22-24-38-37(26-36)23-25-41-42-27-34-12-4-5-13-35(34)28-45(42)49(48(38)41)43-16-8-6-14-39(43)40-15-7-9-17-44(40)49/h1-30H. The molecule has 0 fully saturated rings. The number of aromatic nitrogens is 2. The Balaban J connectivity index is 1.06. The van der Waals surface area contributed by atoms with Gasteiger partial charge in [-0.15, -0.1) is 0 Å². The van der Waals surface area contributed by atoms with Crippen LogP contribution in [0.2, 0.25) is 0 Å². The summed E-state index contributed by atoms with van der Waals surface area (Å²) in [5.41, 5.74) is 16.6. The summed E-state index contributed by atoms with van der Waals surface area (Å²) in [4.78, 5) is 9.44. The van der Waals surface area contributed by atoms with Gasteiger partial charge < -0.3 is 0 Å². The Hall–Kier alpha value is -6.64. The van der Waals surface area contributed by atoms with Gasteiger partial charge >= 0.3 is 0 Å². The summed E-state index contributed by atoms with van der Waals surface area (Å²) in [5.74, 6) is 0. The second kappa shape index (κ2) is 10.7. The molecule has 2 aliphatic rings. The smallest absolute Gasteiger partial charge is 0.0885 e. The first-order valence-electron chi connectivity index (χ1n) is 17.6. The molecule has 51 heavy (non-hydrogen) atoms. The highest BCUT2D eigenvalue weighted by atomic mass is 14.8. The number of hydrogen-bond donors (Lipinski definition) is 0. The first-order valence-corrected chi connectivity index (χ1v) is 17.6. The number of benzene rings is 8. The van der Waals surface area contributed by atoms with Crippen LogP contribution >= 0.6 is 0 Å². The van der Waals surface area contributed by atoms with E-state index in [4.69, 9.17) is 9.97 Å². The maximum absolute atomic E-state index is 4.74. The van der Waals surface area contributed by atoms with Crippen LogP contribution in [0.25, 0.3) is 77.4 Å². The molecule has 0 N–H and O–H groups in total. The van der Waals surface area contributed by atoms with Crippen molar-refractivity contribution in [2.45, 2.75) is 5.41 Å². The van der Waals surface area contributed by atoms with Crippen molar-refractivity contribution < 1.29 is 0 Å². The Kier molecular flexibility index (Phi) is 5.91. The minimum Gasteiger partial charge on any atom is -0.252 e. The molecule has 2 heteroatoms. The summed E-state index contributed by atoms with van der Waals surface area (Å²) >= 11 is 0. The third kappa shape index (κ3) is 3.99. The van der Waals surface area contributed by atoms with E-state index >= 15 is 0 Å². The van der Waals surface area contributed by atoms with E-state index in [2.05, 4.69) is 152 Å². The molecule has 1 aromatic heterocycles. The summed E-state index contributed by atoms with van der Waals surface area (Å²) in [7, 11) is 0. The molecule has 0 atom stereocenters. The van der Waals surface area contributed by atoms with Crippen LogP contribution in [0.1, 0.15) is 22.3 Å². The van der Waals surface area contributed by atoms with Crippen molar-refractivity contribution in [1.29, 1.82) is 0 Å². The zero-order chi connectivity index (χ0) is 33.5. The van der Waals surface area contributed by atoms with Gasteiger partial charge in [0.2, 0.25) is 0 Å². The molecule has 0 unspecified atom stereocenters. The molecule has 1 spiro atoms. The predicted molar refractivity (Wildman–Crippen MR) is 210 cm³/mol. The van der Waals surface area contributed by atoms with Crippen molar-refractivity contribution in [3.05, 3.63) is 205 Å². The van der Waals surface area contributed by atoms with Gasteiger partial charge in [0.15, 0.2) is 0 Å². The molecule has 236 valence electrons. The van der Waals surface area contributed by atoms with Crippen LogP contribution in [-0.4, -0.2) is 9.97 Å². The van der Waals surface area contributed by atoms with E-state index in [1.807, 2.05) is 30.6 Å². The van der Waals surface area contributed by atoms with E-state index in [1.165, 1.54) is 77.2 Å². The molecule has 8 aromatic carbocycles. The maximum atomic E-state index is 4.74. The monoisotopic (exact) mass is 646 g/mol. The molecule has 0 radical (unpaired) electrons. The fraction of sp³-hybridized carbons (Fsp3) is 0.0204. The van der Waals surface area contributed by atoms with Crippen molar-refractivity contribution in [3.8, 4) is 55.9 Å². The van der Waals surface area contributed by atoms with Crippen molar-refractivity contribution in [2.75, 3.05) is 0 Å². The van der Waals surface area contributed by atoms with E-state index in [0.717, 1.165) is 22.5 Å². The lowest BCUT2D eigenvalue weighted by Crippen LogP contribution is -2.26. The van der Waals surface area contributed by atoms with E-state index in [0.29, 0.717) is 0 Å². The second-order valence-corrected chi connectivity index (χ2v) is 13.7. The van der Waals surface area contributed by atoms with E-state index < -0.39 is 5.41 Å². The lowest BCUT2D eigenvalue weighted by atomic mass is 9.69. The lowest BCUT2D eigenvalue weighted by molar-refractivity contribution is 0.802. The van der Waals surface area contributed by atoms with E-state index in [-0.39, 0.29) is 0 Å². The minimum atomic E-state index is -0.401. The summed E-state index contributed by atoms with van der Waals surface area (Å²) in [6.07, 6.45) is 3.72. The molecule has 0 amide bonds. The highest BCUT2D eigenvalue weighted by Gasteiger charge is 2.52. The largest absolute Gasteiger partial charge is 0.252 e. The molecule has 0 bridgehead atoms. The fourth-order valence-electron chi connectivity index (χ4n) is 8.91. The molecule has 0 aliphatic heterocycles. The molecule has 9 aromatic rings. The van der Waals surface area contributed by atoms with Gasteiger partial charge in [0.05, 0.1) is 29.2 Å². The number of nitrogens with zero attached hydrogens (tertiary/aromatic N) is 2. The van der Waals surface area contributed by atoms with Crippen LogP contribution in [0.5, 0.6) is 0 Å². The lowest BCUT2D eigenvalue weighted by Gasteiger charge is -2.31. The third-order valence-electron chi connectivity index (χ3n) is 11.2. The Labute approximate surface area is 296 Å². The zero-order valence-electron chi connectivity index (χ0n) is 27.7. The number of fused-ring (bicyclic) bond motifs is 13. The Morgan fingerprint density at radius 1 is 0.333 bits per heavy atom. The van der Waals surface area contributed by atoms with Crippen LogP contribution in [-0.2, 0) is 5.41 Å². The topological polar surface area (TPSA) is 25.8 Å². The van der Waals surface area contributed by atoms with Gasteiger partial charge in [-0.2, -0.15) is 0 Å². The van der Waals surface area contributed by atoms with Gasteiger partial charge in [-0.1, -0.05) is 152 Å². The van der Waals surface area contributed by atoms with Crippen LogP contribution in [0.4, 0.5) is 0 Å². The Morgan fingerprint density at radius 3 is 1.59 bits per heavy atom. The van der Waals surface area contributed by atoms with Crippen LogP contribution in [0, 0.1) is 0 Å². The van der Waals surface area contributed by atoms with Gasteiger partial charge in [-0.3, -0.25) is 9.97 Å². The van der Waals surface area contributed by atoms with Crippen molar-refractivity contribution in [2.24, 2.45) is 0 Å². The predicted octanol–water partition coefficient (Wildman–Crippen LogP) is 12.1. The molecule has 2 nitrogen and oxygen atoms in total. The number of rotatable bonds is 3. The molecule has 0 saturated heterocycles. The maximum Gasteiger partial charge on any atom is 0.0885 e. The van der Waals surface area contributed by atoms with Gasteiger partial charge in [-0.05, 0) is 95.4 Å². The average Bonchev–Trinajstić information content (AvgIpc) is 3.67. The summed E-state index contributed by atoms with van der Waals surface area (Å²) in [6.45, 7) is 0. The van der Waals surface area contributed by atoms with Crippen molar-refractivity contribution in [1.82, 2.24) is 9.97 Å². The highest BCUT2D eigenvalue weighted by Crippen LogP contribution is 2.64. The highest BCUT2D eigenvalue weighted by molar-refractivity contribution is 6.06.